The lowest BCUT2D eigenvalue weighted by Gasteiger charge is -2.13. The molecule has 7 nitrogen and oxygen atoms in total. The molecule has 2 N–H and O–H groups in total. The molecule has 0 fully saturated rings. The van der Waals surface area contributed by atoms with Crippen molar-refractivity contribution in [3.8, 4) is 0 Å². The molecule has 0 bridgehead atoms. The van der Waals surface area contributed by atoms with Gasteiger partial charge in [-0.25, -0.2) is 14.6 Å². The van der Waals surface area contributed by atoms with E-state index in [0.29, 0.717) is 18.5 Å². The molecule has 112 valence electrons. The summed E-state index contributed by atoms with van der Waals surface area (Å²) in [5.41, 5.74) is -0.503. The monoisotopic (exact) mass is 291 g/mol. The third-order valence-corrected chi connectivity index (χ3v) is 3.25. The van der Waals surface area contributed by atoms with E-state index in [9.17, 15) is 19.5 Å². The topological polar surface area (TPSA) is 105 Å². The van der Waals surface area contributed by atoms with E-state index in [0.717, 1.165) is 0 Å². The molecule has 0 spiro atoms. The average Bonchev–Trinajstić information content (AvgIpc) is 2.41. The van der Waals surface area contributed by atoms with Gasteiger partial charge in [-0.15, -0.1) is 0 Å². The Labute approximate surface area is 120 Å². The molecule has 2 aromatic rings. The number of hydrogen-bond acceptors (Lipinski definition) is 4. The number of aryl methyl sites for hydroxylation is 1. The molecular formula is C14H17N3O4. The van der Waals surface area contributed by atoms with Crippen LogP contribution in [0.25, 0.3) is 11.0 Å². The van der Waals surface area contributed by atoms with Crippen molar-refractivity contribution in [3.63, 3.8) is 0 Å². The zero-order valence-electron chi connectivity index (χ0n) is 12.1. The first-order chi connectivity index (χ1) is 9.86. The molecule has 0 atom stereocenters. The van der Waals surface area contributed by atoms with E-state index in [1.807, 2.05) is 13.8 Å². The van der Waals surface area contributed by atoms with Crippen molar-refractivity contribution in [1.82, 2.24) is 14.5 Å². The van der Waals surface area contributed by atoms with Crippen LogP contribution in [0.15, 0.2) is 15.8 Å². The smallest absolute Gasteiger partial charge is 0.337 e. The lowest BCUT2D eigenvalue weighted by atomic mass is 10.0. The Morgan fingerprint density at radius 2 is 2.10 bits per heavy atom. The summed E-state index contributed by atoms with van der Waals surface area (Å²) in [5, 5.41) is 9.37. The quantitative estimate of drug-likeness (QED) is 0.874. The Morgan fingerprint density at radius 3 is 2.62 bits per heavy atom. The van der Waals surface area contributed by atoms with Crippen molar-refractivity contribution in [2.45, 2.75) is 33.7 Å². The number of aromatic carboxylic acids is 1. The van der Waals surface area contributed by atoms with Gasteiger partial charge in [0.15, 0.2) is 0 Å². The first-order valence-corrected chi connectivity index (χ1v) is 6.74. The van der Waals surface area contributed by atoms with Gasteiger partial charge < -0.3 is 5.11 Å². The Bertz CT molecular complexity index is 817. The van der Waals surface area contributed by atoms with Crippen LogP contribution in [-0.2, 0) is 13.0 Å². The maximum absolute atomic E-state index is 12.1. The summed E-state index contributed by atoms with van der Waals surface area (Å²) in [6.07, 6.45) is 1.57. The third kappa shape index (κ3) is 2.58. The Morgan fingerprint density at radius 1 is 1.43 bits per heavy atom. The number of aromatic amines is 1. The second-order valence-electron chi connectivity index (χ2n) is 5.27. The van der Waals surface area contributed by atoms with E-state index in [1.54, 1.807) is 6.92 Å². The van der Waals surface area contributed by atoms with Gasteiger partial charge in [-0.1, -0.05) is 20.8 Å². The van der Waals surface area contributed by atoms with Crippen molar-refractivity contribution in [2.24, 2.45) is 5.92 Å². The van der Waals surface area contributed by atoms with E-state index < -0.39 is 17.2 Å². The van der Waals surface area contributed by atoms with Gasteiger partial charge in [-0.2, -0.15) is 0 Å². The van der Waals surface area contributed by atoms with Crippen LogP contribution in [0.1, 0.15) is 36.7 Å². The average molecular weight is 291 g/mol. The van der Waals surface area contributed by atoms with Gasteiger partial charge in [0.05, 0.1) is 10.9 Å². The van der Waals surface area contributed by atoms with Gasteiger partial charge in [0.1, 0.15) is 5.65 Å². The highest BCUT2D eigenvalue weighted by Gasteiger charge is 2.18. The highest BCUT2D eigenvalue weighted by molar-refractivity contribution is 5.94. The number of pyridine rings is 1. The van der Waals surface area contributed by atoms with E-state index in [2.05, 4.69) is 9.97 Å². The molecule has 0 radical (unpaired) electrons. The number of nitrogens with zero attached hydrogens (tertiary/aromatic N) is 2. The number of carboxylic acid groups (broad SMARTS) is 1. The number of fused-ring (bicyclic) bond motifs is 1. The first-order valence-electron chi connectivity index (χ1n) is 6.74. The van der Waals surface area contributed by atoms with Crippen LogP contribution in [0.3, 0.4) is 0 Å². The highest BCUT2D eigenvalue weighted by atomic mass is 16.4. The van der Waals surface area contributed by atoms with Crippen LogP contribution in [0, 0.1) is 5.92 Å². The van der Waals surface area contributed by atoms with Gasteiger partial charge in [0, 0.05) is 12.7 Å². The molecule has 0 aliphatic rings. The number of carbonyl (C=O) groups is 1. The Hall–Kier alpha value is -2.44. The van der Waals surface area contributed by atoms with Gasteiger partial charge >= 0.3 is 11.7 Å². The fraction of sp³-hybridized carbons (Fsp3) is 0.429. The summed E-state index contributed by atoms with van der Waals surface area (Å²) in [4.78, 5) is 41.6. The summed E-state index contributed by atoms with van der Waals surface area (Å²) in [6.45, 7) is 6.04. The van der Waals surface area contributed by atoms with E-state index >= 15 is 0 Å². The summed E-state index contributed by atoms with van der Waals surface area (Å²) in [7, 11) is 0. The molecule has 0 aliphatic heterocycles. The van der Waals surface area contributed by atoms with Crippen LogP contribution >= 0.6 is 0 Å². The third-order valence-electron chi connectivity index (χ3n) is 3.25. The van der Waals surface area contributed by atoms with Crippen molar-refractivity contribution in [3.05, 3.63) is 38.2 Å². The number of carboxylic acids is 1. The summed E-state index contributed by atoms with van der Waals surface area (Å²) in [6, 6.07) is 0. The molecule has 7 heteroatoms. The van der Waals surface area contributed by atoms with E-state index in [4.69, 9.17) is 0 Å². The largest absolute Gasteiger partial charge is 0.478 e. The van der Waals surface area contributed by atoms with Crippen LogP contribution in [0.5, 0.6) is 0 Å². The number of nitrogens with one attached hydrogen (secondary N) is 1. The minimum absolute atomic E-state index is 0.00903. The van der Waals surface area contributed by atoms with Crippen molar-refractivity contribution >= 4 is 17.0 Å². The number of rotatable bonds is 4. The normalized spacial score (nSPS) is 11.2. The maximum Gasteiger partial charge on any atom is 0.337 e. The number of H-pyrrole nitrogens is 1. The van der Waals surface area contributed by atoms with Gasteiger partial charge in [-0.3, -0.25) is 14.3 Å². The van der Waals surface area contributed by atoms with Crippen LogP contribution < -0.4 is 11.2 Å². The zero-order valence-corrected chi connectivity index (χ0v) is 12.1. The second-order valence-corrected chi connectivity index (χ2v) is 5.27. The van der Waals surface area contributed by atoms with Crippen molar-refractivity contribution < 1.29 is 9.90 Å². The molecule has 2 heterocycles. The van der Waals surface area contributed by atoms with Gasteiger partial charge in [0.2, 0.25) is 0 Å². The molecule has 21 heavy (non-hydrogen) atoms. The van der Waals surface area contributed by atoms with Crippen LogP contribution in [0.2, 0.25) is 0 Å². The molecule has 0 amide bonds. The van der Waals surface area contributed by atoms with Crippen LogP contribution in [0.4, 0.5) is 0 Å². The molecule has 0 saturated carbocycles. The molecular weight excluding hydrogens is 274 g/mol. The molecule has 2 aromatic heterocycles. The van der Waals surface area contributed by atoms with Crippen molar-refractivity contribution in [2.75, 3.05) is 0 Å². The second kappa shape index (κ2) is 5.51. The minimum Gasteiger partial charge on any atom is -0.478 e. The number of hydrogen-bond donors (Lipinski definition) is 2. The molecule has 0 unspecified atom stereocenters. The predicted octanol–water partition coefficient (Wildman–Crippen LogP) is 1.00. The molecule has 0 aliphatic carbocycles. The minimum atomic E-state index is -1.14. The molecule has 2 rings (SSSR count). The zero-order chi connectivity index (χ0) is 15.7. The summed E-state index contributed by atoms with van der Waals surface area (Å²) in [5.74, 6) is -0.954. The SMILES string of the molecule is CCc1c(C(=O)O)cnc2c1c(=O)[nH]c(=O)n2CC(C)C. The Balaban J connectivity index is 2.95. The fourth-order valence-electron chi connectivity index (χ4n) is 2.39. The number of aromatic nitrogens is 3. The predicted molar refractivity (Wildman–Crippen MR) is 77.8 cm³/mol. The van der Waals surface area contributed by atoms with Crippen molar-refractivity contribution in [1.29, 1.82) is 0 Å². The fourth-order valence-corrected chi connectivity index (χ4v) is 2.39. The lowest BCUT2D eigenvalue weighted by Crippen LogP contribution is -2.33. The lowest BCUT2D eigenvalue weighted by molar-refractivity contribution is 0.0695. The summed E-state index contributed by atoms with van der Waals surface area (Å²) < 4.78 is 1.38. The first kappa shape index (κ1) is 15.0. The summed E-state index contributed by atoms with van der Waals surface area (Å²) >= 11 is 0. The Kier molecular flexibility index (Phi) is 3.93. The van der Waals surface area contributed by atoms with E-state index in [1.165, 1.54) is 10.8 Å². The maximum atomic E-state index is 12.1. The van der Waals surface area contributed by atoms with E-state index in [-0.39, 0.29) is 22.5 Å². The van der Waals surface area contributed by atoms with Crippen LogP contribution in [-0.4, -0.2) is 25.6 Å². The molecule has 0 aromatic carbocycles. The van der Waals surface area contributed by atoms with Gasteiger partial charge in [-0.05, 0) is 17.9 Å². The highest BCUT2D eigenvalue weighted by Crippen LogP contribution is 2.17. The van der Waals surface area contributed by atoms with Gasteiger partial charge in [0.25, 0.3) is 5.56 Å². The molecule has 0 saturated heterocycles. The standard InChI is InChI=1S/C14H17N3O4/c1-4-8-9(13(19)20)5-15-11-10(8)12(18)16-14(21)17(11)6-7(2)3/h5,7H,4,6H2,1-3H3,(H,19,20)(H,16,18,21).